The number of para-hydroxylation sites is 1. The third-order valence-corrected chi connectivity index (χ3v) is 0.800. The van der Waals surface area contributed by atoms with Gasteiger partial charge in [-0.1, -0.05) is 18.2 Å². The smallest absolute Gasteiger partial charge is 0.907 e. The predicted octanol–water partition coefficient (Wildman–Crippen LogP) is -11.7. The maximum atomic E-state index is 8.42. The predicted molar refractivity (Wildman–Crippen MR) is 36.6 cm³/mol. The minimum atomic E-state index is -2.92. The van der Waals surface area contributed by atoms with Crippen molar-refractivity contribution in [3.05, 3.63) is 30.3 Å². The second-order valence-electron chi connectivity index (χ2n) is 1.70. The fourth-order valence-corrected chi connectivity index (χ4v) is 0.453. The molecule has 0 aliphatic rings. The Bertz CT molecular complexity index is 188. The minimum Gasteiger partial charge on any atom is -0.907 e. The van der Waals surface area contributed by atoms with Gasteiger partial charge in [0.15, 0.2) is 0 Å². The van der Waals surface area contributed by atoms with E-state index in [1.165, 1.54) is 0 Å². The molecule has 60 valence electrons. The fourth-order valence-electron chi connectivity index (χ4n) is 0.453. The Labute approximate surface area is 120 Å². The standard InChI is InChI=1S/C6H7N.BO3.3Li/c7-6-4-2-1-3-5-6;2-1(3)4;;;/h1-5H,7H2;;;;/q;-3;3*+1. The molecule has 0 atom stereocenters. The van der Waals surface area contributed by atoms with Gasteiger partial charge >= 0.3 is 56.6 Å². The third-order valence-electron chi connectivity index (χ3n) is 0.800. The Morgan fingerprint density at radius 1 is 0.857 bits per heavy atom. The van der Waals surface area contributed by atoms with Gasteiger partial charge in [0.2, 0.25) is 0 Å². The molecule has 0 aliphatic carbocycles. The van der Waals surface area contributed by atoms with E-state index in [1.54, 1.807) is 0 Å². The van der Waals surface area contributed by atoms with Gasteiger partial charge in [0.25, 0.3) is 0 Å². The number of benzene rings is 1. The molecule has 0 amide bonds. The molecule has 0 saturated carbocycles. The molecule has 0 saturated heterocycles. The molecule has 1 aromatic rings. The molecule has 14 heavy (non-hydrogen) atoms. The zero-order valence-electron chi connectivity index (χ0n) is 8.77. The van der Waals surface area contributed by atoms with Crippen molar-refractivity contribution in [1.82, 2.24) is 0 Å². The van der Waals surface area contributed by atoms with E-state index in [1.807, 2.05) is 30.3 Å². The average Bonchev–Trinajstić information content (AvgIpc) is 1.87. The molecular formula is C6H7BLi3NO3. The van der Waals surface area contributed by atoms with E-state index in [-0.39, 0.29) is 56.6 Å². The Morgan fingerprint density at radius 2 is 1.14 bits per heavy atom. The molecule has 0 heterocycles. The SMILES string of the molecule is Nc1ccccc1.[Li+].[Li+].[Li+].[O-]B([O-])[O-]. The molecule has 0 aromatic heterocycles. The molecule has 0 fully saturated rings. The van der Waals surface area contributed by atoms with Crippen LogP contribution in [0.15, 0.2) is 30.3 Å². The van der Waals surface area contributed by atoms with Crippen LogP contribution in [0.4, 0.5) is 5.69 Å². The number of anilines is 1. The van der Waals surface area contributed by atoms with Crippen LogP contribution in [-0.4, -0.2) is 7.32 Å². The Balaban J connectivity index is -0.0000000650. The van der Waals surface area contributed by atoms with Crippen LogP contribution in [-0.2, 0) is 0 Å². The maximum absolute atomic E-state index is 8.42. The summed E-state index contributed by atoms with van der Waals surface area (Å²) in [7, 11) is -2.92. The molecule has 4 nitrogen and oxygen atoms in total. The van der Waals surface area contributed by atoms with E-state index in [2.05, 4.69) is 0 Å². The summed E-state index contributed by atoms with van der Waals surface area (Å²) in [5, 5.41) is 25.2. The van der Waals surface area contributed by atoms with Gasteiger partial charge in [0.1, 0.15) is 0 Å². The van der Waals surface area contributed by atoms with Gasteiger partial charge in [-0.2, -0.15) is 0 Å². The van der Waals surface area contributed by atoms with E-state index in [0.717, 1.165) is 5.69 Å². The normalized spacial score (nSPS) is 6.21. The van der Waals surface area contributed by atoms with Crippen molar-refractivity contribution in [1.29, 1.82) is 0 Å². The van der Waals surface area contributed by atoms with E-state index in [0.29, 0.717) is 0 Å². The quantitative estimate of drug-likeness (QED) is 0.311. The van der Waals surface area contributed by atoms with Crippen LogP contribution in [0.25, 0.3) is 0 Å². The number of rotatable bonds is 0. The van der Waals surface area contributed by atoms with Crippen molar-refractivity contribution >= 4 is 13.0 Å². The van der Waals surface area contributed by atoms with E-state index < -0.39 is 7.32 Å². The second-order valence-corrected chi connectivity index (χ2v) is 1.70. The van der Waals surface area contributed by atoms with Crippen molar-refractivity contribution in [3.8, 4) is 0 Å². The van der Waals surface area contributed by atoms with Crippen LogP contribution >= 0.6 is 0 Å². The Hall–Kier alpha value is 0.757. The first-order valence-electron chi connectivity index (χ1n) is 2.91. The van der Waals surface area contributed by atoms with Crippen molar-refractivity contribution in [3.63, 3.8) is 0 Å². The van der Waals surface area contributed by atoms with Crippen LogP contribution in [0, 0.1) is 0 Å². The minimum absolute atomic E-state index is 0. The van der Waals surface area contributed by atoms with Crippen LogP contribution in [0.1, 0.15) is 0 Å². The number of hydrogen-bond acceptors (Lipinski definition) is 4. The summed E-state index contributed by atoms with van der Waals surface area (Å²) in [6.07, 6.45) is 0. The molecule has 0 aliphatic heterocycles. The van der Waals surface area contributed by atoms with Crippen LogP contribution in [0.5, 0.6) is 0 Å². The topological polar surface area (TPSA) is 95.2 Å². The molecular weight excluding hydrogens is 166 g/mol. The largest absolute Gasteiger partial charge is 1.00 e. The summed E-state index contributed by atoms with van der Waals surface area (Å²) >= 11 is 0. The van der Waals surface area contributed by atoms with Crippen LogP contribution in [0.3, 0.4) is 0 Å². The van der Waals surface area contributed by atoms with E-state index >= 15 is 0 Å². The van der Waals surface area contributed by atoms with Gasteiger partial charge in [-0.15, -0.1) is 0 Å². The van der Waals surface area contributed by atoms with E-state index in [4.69, 9.17) is 20.8 Å². The second kappa shape index (κ2) is 16.2. The molecule has 2 N–H and O–H groups in total. The summed E-state index contributed by atoms with van der Waals surface area (Å²) in [6.45, 7) is 0. The maximum Gasteiger partial charge on any atom is 1.00 e. The van der Waals surface area contributed by atoms with Crippen molar-refractivity contribution in [2.45, 2.75) is 0 Å². The Morgan fingerprint density at radius 3 is 1.29 bits per heavy atom. The summed E-state index contributed by atoms with van der Waals surface area (Å²) in [4.78, 5) is 0. The van der Waals surface area contributed by atoms with Crippen LogP contribution < -0.4 is 77.4 Å². The molecule has 0 bridgehead atoms. The number of hydrogen-bond donors (Lipinski definition) is 1. The molecule has 0 spiro atoms. The first-order chi connectivity index (χ1) is 5.13. The van der Waals surface area contributed by atoms with Crippen molar-refractivity contribution in [2.24, 2.45) is 0 Å². The number of nitrogen functional groups attached to an aromatic ring is 1. The Kier molecular flexibility index (Phi) is 27.9. The first kappa shape index (κ1) is 24.1. The van der Waals surface area contributed by atoms with Crippen LogP contribution in [0.2, 0.25) is 0 Å². The summed E-state index contributed by atoms with van der Waals surface area (Å²) in [5.74, 6) is 0. The van der Waals surface area contributed by atoms with Gasteiger partial charge < -0.3 is 20.8 Å². The van der Waals surface area contributed by atoms with Gasteiger partial charge in [0.05, 0.1) is 0 Å². The zero-order valence-corrected chi connectivity index (χ0v) is 8.77. The fraction of sp³-hybridized carbons (Fsp3) is 0. The van der Waals surface area contributed by atoms with Crippen molar-refractivity contribution in [2.75, 3.05) is 5.73 Å². The summed E-state index contributed by atoms with van der Waals surface area (Å²) in [6, 6.07) is 9.49. The van der Waals surface area contributed by atoms with Gasteiger partial charge in [0, 0.05) is 5.69 Å². The molecule has 8 heteroatoms. The van der Waals surface area contributed by atoms with Gasteiger partial charge in [-0.3, -0.25) is 7.32 Å². The van der Waals surface area contributed by atoms with Crippen molar-refractivity contribution < 1.29 is 71.7 Å². The summed E-state index contributed by atoms with van der Waals surface area (Å²) in [5.41, 5.74) is 6.18. The molecule has 1 aromatic carbocycles. The summed E-state index contributed by atoms with van der Waals surface area (Å²) < 4.78 is 0. The average molecular weight is 173 g/mol. The molecule has 1 rings (SSSR count). The first-order valence-corrected chi connectivity index (χ1v) is 2.91. The number of nitrogens with two attached hydrogens (primary N) is 1. The van der Waals surface area contributed by atoms with Gasteiger partial charge in [-0.05, 0) is 12.1 Å². The molecule has 0 radical (unpaired) electrons. The zero-order chi connectivity index (χ0) is 8.69. The molecule has 0 unspecified atom stereocenters. The monoisotopic (exact) mass is 173 g/mol. The van der Waals surface area contributed by atoms with Gasteiger partial charge in [-0.25, -0.2) is 0 Å². The van der Waals surface area contributed by atoms with E-state index in [9.17, 15) is 0 Å². The third kappa shape index (κ3) is 23.0.